The Morgan fingerprint density at radius 1 is 0.758 bits per heavy atom. The average molecular weight is 461 g/mol. The standard InChI is InChI=1S/C29H48O4/c1-3-5-7-9-10-11-12-13-14-15-16-17-18-19-21-23-25-32-27-28(26-30)33-29(31)24-22-20-8-6-4-2/h5,7,10-11,13-14,16-17,19,21,28,30H,3-4,6,8-9,12,15,18,20,22-27H2,1-2H3/b7-5-,11-10-,14-13-,17-16-,21-19-. The van der Waals surface area contributed by atoms with Crippen LogP contribution in [0.2, 0.25) is 0 Å². The fraction of sp³-hybridized carbons (Fsp3) is 0.621. The minimum Gasteiger partial charge on any atom is -0.457 e. The Morgan fingerprint density at radius 2 is 1.30 bits per heavy atom. The summed E-state index contributed by atoms with van der Waals surface area (Å²) >= 11 is 0. The van der Waals surface area contributed by atoms with Crippen molar-refractivity contribution < 1.29 is 19.4 Å². The molecule has 188 valence electrons. The topological polar surface area (TPSA) is 55.8 Å². The first-order chi connectivity index (χ1) is 16.2. The number of rotatable bonds is 22. The van der Waals surface area contributed by atoms with E-state index in [1.807, 2.05) is 0 Å². The van der Waals surface area contributed by atoms with Gasteiger partial charge in [-0.3, -0.25) is 4.79 Å². The Morgan fingerprint density at radius 3 is 1.85 bits per heavy atom. The Bertz CT molecular complexity index is 572. The monoisotopic (exact) mass is 460 g/mol. The molecule has 0 aromatic rings. The second-order valence-corrected chi connectivity index (χ2v) is 8.03. The third-order valence-corrected chi connectivity index (χ3v) is 4.88. The Kier molecular flexibility index (Phi) is 24.8. The molecule has 0 bridgehead atoms. The van der Waals surface area contributed by atoms with Crippen molar-refractivity contribution in [3.63, 3.8) is 0 Å². The third kappa shape index (κ3) is 24.6. The van der Waals surface area contributed by atoms with Crippen LogP contribution < -0.4 is 0 Å². The van der Waals surface area contributed by atoms with Crippen molar-refractivity contribution in [2.75, 3.05) is 19.8 Å². The predicted molar refractivity (Wildman–Crippen MR) is 140 cm³/mol. The highest BCUT2D eigenvalue weighted by Gasteiger charge is 2.13. The lowest BCUT2D eigenvalue weighted by atomic mass is 10.1. The Balaban J connectivity index is 3.66. The second kappa shape index (κ2) is 26.3. The summed E-state index contributed by atoms with van der Waals surface area (Å²) in [5.74, 6) is -0.244. The molecule has 0 aliphatic carbocycles. The van der Waals surface area contributed by atoms with Crippen LogP contribution in [0, 0.1) is 0 Å². The summed E-state index contributed by atoms with van der Waals surface area (Å²) in [5, 5.41) is 9.37. The van der Waals surface area contributed by atoms with E-state index in [1.165, 1.54) is 12.8 Å². The molecule has 0 aliphatic heterocycles. The van der Waals surface area contributed by atoms with Crippen molar-refractivity contribution in [3.8, 4) is 0 Å². The van der Waals surface area contributed by atoms with E-state index >= 15 is 0 Å². The number of hydrogen-bond donors (Lipinski definition) is 1. The summed E-state index contributed by atoms with van der Waals surface area (Å²) in [6.45, 7) is 4.90. The number of hydrogen-bond acceptors (Lipinski definition) is 4. The summed E-state index contributed by atoms with van der Waals surface area (Å²) in [6.07, 6.45) is 32.8. The van der Waals surface area contributed by atoms with Crippen molar-refractivity contribution in [1.82, 2.24) is 0 Å². The van der Waals surface area contributed by atoms with Gasteiger partial charge in [-0.1, -0.05) is 100 Å². The van der Waals surface area contributed by atoms with Gasteiger partial charge in [0.2, 0.25) is 0 Å². The lowest BCUT2D eigenvalue weighted by Gasteiger charge is -2.15. The molecule has 0 spiro atoms. The molecular weight excluding hydrogens is 412 g/mol. The van der Waals surface area contributed by atoms with Gasteiger partial charge >= 0.3 is 5.97 Å². The van der Waals surface area contributed by atoms with Crippen molar-refractivity contribution >= 4 is 5.97 Å². The van der Waals surface area contributed by atoms with Crippen LogP contribution in [-0.2, 0) is 14.3 Å². The Labute approximate surface area is 203 Å². The summed E-state index contributed by atoms with van der Waals surface area (Å²) in [6, 6.07) is 0. The summed E-state index contributed by atoms with van der Waals surface area (Å²) in [5.41, 5.74) is 0. The van der Waals surface area contributed by atoms with Gasteiger partial charge in [0.25, 0.3) is 0 Å². The number of allylic oxidation sites excluding steroid dienone is 9. The van der Waals surface area contributed by atoms with E-state index in [2.05, 4.69) is 74.6 Å². The summed E-state index contributed by atoms with van der Waals surface area (Å²) in [4.78, 5) is 11.8. The zero-order valence-electron chi connectivity index (χ0n) is 21.1. The molecule has 0 saturated carbocycles. The fourth-order valence-corrected chi connectivity index (χ4v) is 2.98. The first kappa shape index (κ1) is 31.1. The zero-order valence-corrected chi connectivity index (χ0v) is 21.1. The predicted octanol–water partition coefficient (Wildman–Crippen LogP) is 7.41. The number of unbranched alkanes of at least 4 members (excludes halogenated alkanes) is 4. The molecule has 0 radical (unpaired) electrons. The highest BCUT2D eigenvalue weighted by molar-refractivity contribution is 5.69. The van der Waals surface area contributed by atoms with Gasteiger partial charge in [-0.25, -0.2) is 0 Å². The highest BCUT2D eigenvalue weighted by atomic mass is 16.6. The SMILES string of the molecule is CC/C=C\C/C=C\C/C=C\C/C=C\C/C=C\CCOCC(CO)OC(=O)CCCCCCC. The largest absolute Gasteiger partial charge is 0.457 e. The molecule has 1 unspecified atom stereocenters. The number of carbonyl (C=O) groups is 1. The molecule has 4 heteroatoms. The molecule has 0 fully saturated rings. The van der Waals surface area contributed by atoms with E-state index in [-0.39, 0.29) is 19.2 Å². The number of aliphatic hydroxyl groups excluding tert-OH is 1. The minimum absolute atomic E-state index is 0.205. The van der Waals surface area contributed by atoms with Crippen LogP contribution >= 0.6 is 0 Å². The molecular formula is C29H48O4. The highest BCUT2D eigenvalue weighted by Crippen LogP contribution is 2.07. The normalized spacial score (nSPS) is 13.4. The molecule has 0 aromatic carbocycles. The molecule has 1 atom stereocenters. The minimum atomic E-state index is -0.568. The fourth-order valence-electron chi connectivity index (χ4n) is 2.98. The van der Waals surface area contributed by atoms with Crippen molar-refractivity contribution in [1.29, 1.82) is 0 Å². The van der Waals surface area contributed by atoms with Crippen molar-refractivity contribution in [3.05, 3.63) is 60.8 Å². The molecule has 0 aromatic heterocycles. The molecule has 4 nitrogen and oxygen atoms in total. The van der Waals surface area contributed by atoms with Crippen molar-refractivity contribution in [2.45, 2.75) is 97.0 Å². The van der Waals surface area contributed by atoms with Gasteiger partial charge in [0.15, 0.2) is 0 Å². The van der Waals surface area contributed by atoms with E-state index in [9.17, 15) is 9.90 Å². The number of ether oxygens (including phenoxy) is 2. The maximum Gasteiger partial charge on any atom is 0.306 e. The van der Waals surface area contributed by atoms with Crippen LogP contribution in [0.15, 0.2) is 60.8 Å². The van der Waals surface area contributed by atoms with Crippen LogP contribution in [-0.4, -0.2) is 37.0 Å². The average Bonchev–Trinajstić information content (AvgIpc) is 2.82. The van der Waals surface area contributed by atoms with Gasteiger partial charge in [-0.05, 0) is 44.9 Å². The number of carbonyl (C=O) groups excluding carboxylic acids is 1. The first-order valence-corrected chi connectivity index (χ1v) is 12.9. The van der Waals surface area contributed by atoms with Gasteiger partial charge < -0.3 is 14.6 Å². The maximum absolute atomic E-state index is 11.8. The molecule has 0 amide bonds. The lowest BCUT2D eigenvalue weighted by Crippen LogP contribution is -2.27. The van der Waals surface area contributed by atoms with E-state index in [1.54, 1.807) is 0 Å². The molecule has 0 heterocycles. The number of esters is 1. The van der Waals surface area contributed by atoms with Crippen LogP contribution in [0.1, 0.15) is 90.9 Å². The zero-order chi connectivity index (χ0) is 24.2. The van der Waals surface area contributed by atoms with Gasteiger partial charge in [0.1, 0.15) is 6.10 Å². The van der Waals surface area contributed by atoms with Crippen molar-refractivity contribution in [2.24, 2.45) is 0 Å². The van der Waals surface area contributed by atoms with E-state index in [4.69, 9.17) is 9.47 Å². The Hall–Kier alpha value is -1.91. The van der Waals surface area contributed by atoms with Gasteiger partial charge in [0.05, 0.1) is 19.8 Å². The second-order valence-electron chi connectivity index (χ2n) is 8.03. The van der Waals surface area contributed by atoms with Crippen LogP contribution in [0.25, 0.3) is 0 Å². The first-order valence-electron chi connectivity index (χ1n) is 12.9. The van der Waals surface area contributed by atoms with Gasteiger partial charge in [0, 0.05) is 6.42 Å². The van der Waals surface area contributed by atoms with E-state index in [0.717, 1.165) is 57.8 Å². The summed E-state index contributed by atoms with van der Waals surface area (Å²) < 4.78 is 10.8. The van der Waals surface area contributed by atoms with Gasteiger partial charge in [-0.15, -0.1) is 0 Å². The molecule has 0 rings (SSSR count). The van der Waals surface area contributed by atoms with Crippen LogP contribution in [0.3, 0.4) is 0 Å². The van der Waals surface area contributed by atoms with E-state index in [0.29, 0.717) is 13.0 Å². The van der Waals surface area contributed by atoms with Gasteiger partial charge in [-0.2, -0.15) is 0 Å². The molecule has 0 aliphatic rings. The van der Waals surface area contributed by atoms with E-state index < -0.39 is 6.10 Å². The molecule has 33 heavy (non-hydrogen) atoms. The maximum atomic E-state index is 11.8. The third-order valence-electron chi connectivity index (χ3n) is 4.88. The lowest BCUT2D eigenvalue weighted by molar-refractivity contribution is -0.154. The smallest absolute Gasteiger partial charge is 0.306 e. The molecule has 0 saturated heterocycles. The molecule has 1 N–H and O–H groups in total. The number of aliphatic hydroxyl groups is 1. The quantitative estimate of drug-likeness (QED) is 0.104. The van der Waals surface area contributed by atoms with Crippen LogP contribution in [0.4, 0.5) is 0 Å². The summed E-state index contributed by atoms with van der Waals surface area (Å²) in [7, 11) is 0. The van der Waals surface area contributed by atoms with Crippen LogP contribution in [0.5, 0.6) is 0 Å².